The summed E-state index contributed by atoms with van der Waals surface area (Å²) in [5, 5.41) is 5.48. The summed E-state index contributed by atoms with van der Waals surface area (Å²) in [6.07, 6.45) is 6.82. The van der Waals surface area contributed by atoms with Crippen LogP contribution in [0.25, 0.3) is 0 Å². The van der Waals surface area contributed by atoms with E-state index in [1.165, 1.54) is 11.3 Å². The van der Waals surface area contributed by atoms with Gasteiger partial charge in [-0.15, -0.1) is 0 Å². The van der Waals surface area contributed by atoms with Gasteiger partial charge in [0, 0.05) is 30.9 Å². The third kappa shape index (κ3) is 11.7. The first-order valence-corrected chi connectivity index (χ1v) is 13.7. The van der Waals surface area contributed by atoms with Crippen LogP contribution < -0.4 is 16.4 Å². The number of hydrogen-bond acceptors (Lipinski definition) is 8. The maximum absolute atomic E-state index is 13.2. The van der Waals surface area contributed by atoms with E-state index in [9.17, 15) is 14.4 Å². The van der Waals surface area contributed by atoms with Crippen molar-refractivity contribution in [2.24, 2.45) is 5.73 Å². The highest BCUT2D eigenvalue weighted by Crippen LogP contribution is 2.20. The molecular formula is C27H47N7O3. The second-order valence-electron chi connectivity index (χ2n) is 9.82. The first-order chi connectivity index (χ1) is 17.8. The third-order valence-corrected chi connectivity index (χ3v) is 7.10. The molecule has 1 aliphatic heterocycles. The molecular weight excluding hydrogens is 470 g/mol. The number of amides is 3. The number of likely N-dealkylation sites (tertiary alicyclic amines) is 1. The van der Waals surface area contributed by atoms with E-state index in [0.717, 1.165) is 51.1 Å². The minimum atomic E-state index is -0.686. The van der Waals surface area contributed by atoms with Gasteiger partial charge in [0.1, 0.15) is 0 Å². The summed E-state index contributed by atoms with van der Waals surface area (Å²) in [6, 6.07) is 5.36. The molecule has 0 aromatic carbocycles. The van der Waals surface area contributed by atoms with Gasteiger partial charge >= 0.3 is 0 Å². The minimum absolute atomic E-state index is 0.0558. The molecule has 0 spiro atoms. The standard InChI is InChI=1S/C27H47N7O3/c1-4-33(5-2)18-9-15-29-20-25(35)31-26(36)21-34(19-14-22-10-6-7-16-30-22)27(37)24(28)13-12-23-11-8-17-32(23)3/h6-7,10,16,23-24,29H,4-5,8-9,11-15,17-21,28H2,1-3H3,(H,31,35,36)/t23-,24+/m1/s1. The highest BCUT2D eigenvalue weighted by Gasteiger charge is 2.27. The van der Waals surface area contributed by atoms with Crippen LogP contribution in [0.15, 0.2) is 24.4 Å². The van der Waals surface area contributed by atoms with E-state index >= 15 is 0 Å². The van der Waals surface area contributed by atoms with Gasteiger partial charge < -0.3 is 25.8 Å². The Hall–Kier alpha value is -2.40. The lowest BCUT2D eigenvalue weighted by molar-refractivity contribution is -0.139. The number of nitrogens with one attached hydrogen (secondary N) is 2. The first-order valence-electron chi connectivity index (χ1n) is 13.7. The van der Waals surface area contributed by atoms with Crippen LogP contribution >= 0.6 is 0 Å². The summed E-state index contributed by atoms with van der Waals surface area (Å²) >= 11 is 0. The van der Waals surface area contributed by atoms with Crippen LogP contribution in [0, 0.1) is 0 Å². The molecule has 0 bridgehead atoms. The van der Waals surface area contributed by atoms with Crippen molar-refractivity contribution in [2.45, 2.75) is 64.5 Å². The van der Waals surface area contributed by atoms with Gasteiger partial charge in [-0.25, -0.2) is 0 Å². The van der Waals surface area contributed by atoms with Crippen molar-refractivity contribution in [2.75, 3.05) is 59.4 Å². The number of hydrogen-bond donors (Lipinski definition) is 3. The predicted molar refractivity (Wildman–Crippen MR) is 146 cm³/mol. The molecule has 3 amide bonds. The van der Waals surface area contributed by atoms with E-state index in [4.69, 9.17) is 5.73 Å². The minimum Gasteiger partial charge on any atom is -0.332 e. The van der Waals surface area contributed by atoms with Crippen LogP contribution in [0.4, 0.5) is 0 Å². The van der Waals surface area contributed by atoms with Crippen LogP contribution in [0.5, 0.6) is 0 Å². The second kappa shape index (κ2) is 17.2. The normalized spacial score (nSPS) is 16.6. The summed E-state index contributed by atoms with van der Waals surface area (Å²) in [5.74, 6) is -1.18. The molecule has 1 aromatic heterocycles. The molecule has 4 N–H and O–H groups in total. The molecule has 1 aromatic rings. The molecule has 37 heavy (non-hydrogen) atoms. The molecule has 2 rings (SSSR count). The van der Waals surface area contributed by atoms with E-state index in [-0.39, 0.29) is 19.0 Å². The quantitative estimate of drug-likeness (QED) is 0.257. The first kappa shape index (κ1) is 30.8. The molecule has 0 saturated carbocycles. The van der Waals surface area contributed by atoms with Crippen LogP contribution in [-0.2, 0) is 20.8 Å². The average molecular weight is 518 g/mol. The van der Waals surface area contributed by atoms with Crippen molar-refractivity contribution in [3.8, 4) is 0 Å². The molecule has 10 nitrogen and oxygen atoms in total. The van der Waals surface area contributed by atoms with Gasteiger partial charge in [-0.3, -0.25) is 24.7 Å². The summed E-state index contributed by atoms with van der Waals surface area (Å²) in [7, 11) is 2.10. The monoisotopic (exact) mass is 517 g/mol. The van der Waals surface area contributed by atoms with Gasteiger partial charge in [0.2, 0.25) is 17.7 Å². The zero-order chi connectivity index (χ0) is 27.0. The SMILES string of the molecule is CCN(CC)CCCNCC(=O)NC(=O)CN(CCc1ccccn1)C(=O)[C@@H](N)CC[C@H]1CCCN1C. The lowest BCUT2D eigenvalue weighted by Gasteiger charge is -2.26. The van der Waals surface area contributed by atoms with Gasteiger partial charge in [0.05, 0.1) is 19.1 Å². The Labute approximate surface area is 222 Å². The molecule has 2 atom stereocenters. The number of carbonyl (C=O) groups excluding carboxylic acids is 3. The highest BCUT2D eigenvalue weighted by molar-refractivity contribution is 5.98. The Morgan fingerprint density at radius 3 is 2.62 bits per heavy atom. The van der Waals surface area contributed by atoms with Crippen molar-refractivity contribution in [3.05, 3.63) is 30.1 Å². The number of rotatable bonds is 17. The fourth-order valence-electron chi connectivity index (χ4n) is 4.72. The van der Waals surface area contributed by atoms with Gasteiger partial charge in [-0.1, -0.05) is 19.9 Å². The Balaban J connectivity index is 1.84. The Kier molecular flexibility index (Phi) is 14.3. The number of carbonyl (C=O) groups is 3. The summed E-state index contributed by atoms with van der Waals surface area (Å²) < 4.78 is 0. The molecule has 2 heterocycles. The fraction of sp³-hybridized carbons (Fsp3) is 0.704. The zero-order valence-corrected chi connectivity index (χ0v) is 23.0. The molecule has 10 heteroatoms. The summed E-state index contributed by atoms with van der Waals surface area (Å²) in [5.41, 5.74) is 7.11. The molecule has 0 aliphatic carbocycles. The Morgan fingerprint density at radius 2 is 1.97 bits per heavy atom. The van der Waals surface area contributed by atoms with Crippen LogP contribution in [-0.4, -0.2) is 109 Å². The van der Waals surface area contributed by atoms with Crippen LogP contribution in [0.3, 0.4) is 0 Å². The van der Waals surface area contributed by atoms with E-state index in [1.807, 2.05) is 18.2 Å². The lowest BCUT2D eigenvalue weighted by Crippen LogP contribution is -2.50. The number of imide groups is 1. The number of aromatic nitrogens is 1. The van der Waals surface area contributed by atoms with E-state index < -0.39 is 17.9 Å². The number of nitrogens with zero attached hydrogens (tertiary/aromatic N) is 4. The molecule has 1 aliphatic rings. The number of pyridine rings is 1. The average Bonchev–Trinajstić information content (AvgIpc) is 3.31. The van der Waals surface area contributed by atoms with Crippen molar-refractivity contribution in [1.82, 2.24) is 30.3 Å². The van der Waals surface area contributed by atoms with Gasteiger partial charge in [0.15, 0.2) is 0 Å². The van der Waals surface area contributed by atoms with Gasteiger partial charge in [0.25, 0.3) is 0 Å². The molecule has 1 saturated heterocycles. The fourth-order valence-corrected chi connectivity index (χ4v) is 4.72. The summed E-state index contributed by atoms with van der Waals surface area (Å²) in [4.78, 5) is 48.5. The largest absolute Gasteiger partial charge is 0.332 e. The third-order valence-electron chi connectivity index (χ3n) is 7.10. The lowest BCUT2D eigenvalue weighted by atomic mass is 10.0. The summed E-state index contributed by atoms with van der Waals surface area (Å²) in [6.45, 7) is 9.13. The Bertz CT molecular complexity index is 819. The van der Waals surface area contributed by atoms with E-state index in [2.05, 4.69) is 46.3 Å². The van der Waals surface area contributed by atoms with Crippen molar-refractivity contribution >= 4 is 17.7 Å². The van der Waals surface area contributed by atoms with E-state index in [0.29, 0.717) is 32.0 Å². The smallest absolute Gasteiger partial charge is 0.246 e. The molecule has 0 unspecified atom stereocenters. The van der Waals surface area contributed by atoms with Crippen LogP contribution in [0.1, 0.15) is 51.6 Å². The maximum Gasteiger partial charge on any atom is 0.246 e. The van der Waals surface area contributed by atoms with Crippen molar-refractivity contribution in [3.63, 3.8) is 0 Å². The van der Waals surface area contributed by atoms with Gasteiger partial charge in [-0.2, -0.15) is 0 Å². The topological polar surface area (TPSA) is 124 Å². The second-order valence-corrected chi connectivity index (χ2v) is 9.82. The van der Waals surface area contributed by atoms with Crippen molar-refractivity contribution < 1.29 is 14.4 Å². The molecule has 1 fully saturated rings. The molecule has 0 radical (unpaired) electrons. The molecule has 208 valence electrons. The van der Waals surface area contributed by atoms with E-state index in [1.54, 1.807) is 6.20 Å². The highest BCUT2D eigenvalue weighted by atomic mass is 16.2. The zero-order valence-electron chi connectivity index (χ0n) is 23.0. The Morgan fingerprint density at radius 1 is 1.19 bits per heavy atom. The maximum atomic E-state index is 13.2. The van der Waals surface area contributed by atoms with Crippen molar-refractivity contribution in [1.29, 1.82) is 0 Å². The predicted octanol–water partition coefficient (Wildman–Crippen LogP) is 0.619. The van der Waals surface area contributed by atoms with Gasteiger partial charge in [-0.05, 0) is 84.0 Å². The number of nitrogens with two attached hydrogens (primary N) is 1. The van der Waals surface area contributed by atoms with Crippen LogP contribution in [0.2, 0.25) is 0 Å².